The molecule has 0 radical (unpaired) electrons. The fourth-order valence-corrected chi connectivity index (χ4v) is 4.77. The Kier molecular flexibility index (Phi) is 10.00. The monoisotopic (exact) mass is 265 g/mol. The fraction of sp³-hybridized carbons (Fsp3) is 1.00. The van der Waals surface area contributed by atoms with Crippen molar-refractivity contribution in [2.24, 2.45) is 5.73 Å². The van der Waals surface area contributed by atoms with Gasteiger partial charge in [-0.2, -0.15) is 0 Å². The summed E-state index contributed by atoms with van der Waals surface area (Å²) in [7, 11) is -2.77. The second-order valence-electron chi connectivity index (χ2n) is 3.71. The van der Waals surface area contributed by atoms with Crippen LogP contribution in [0.5, 0.6) is 0 Å². The van der Waals surface area contributed by atoms with Crippen molar-refractivity contribution >= 4 is 8.80 Å². The van der Waals surface area contributed by atoms with Crippen molar-refractivity contribution in [3.05, 3.63) is 0 Å². The predicted molar refractivity (Wildman–Crippen MR) is 69.8 cm³/mol. The molecule has 0 aromatic rings. The fourth-order valence-electron chi connectivity index (χ4n) is 1.83. The number of nitrogens with two attached hydrogens (primary N) is 1. The average molecular weight is 265 g/mol. The van der Waals surface area contributed by atoms with Gasteiger partial charge in [0.05, 0.1) is 12.1 Å². The molecule has 0 aromatic carbocycles. The summed E-state index contributed by atoms with van der Waals surface area (Å²) in [6.45, 7) is 7.96. The molecule has 0 fully saturated rings. The zero-order valence-electron chi connectivity index (χ0n) is 11.3. The maximum atomic E-state index is 9.52. The first-order valence-corrected chi connectivity index (χ1v) is 8.23. The molecule has 0 amide bonds. The Morgan fingerprint density at radius 2 is 1.53 bits per heavy atom. The van der Waals surface area contributed by atoms with Gasteiger partial charge in [-0.15, -0.1) is 0 Å². The molecule has 0 aliphatic carbocycles. The minimum absolute atomic E-state index is 0.0201. The van der Waals surface area contributed by atoms with Crippen LogP contribution in [-0.4, -0.2) is 46.9 Å². The van der Waals surface area contributed by atoms with Gasteiger partial charge in [0.1, 0.15) is 0 Å². The Morgan fingerprint density at radius 1 is 1.06 bits per heavy atom. The van der Waals surface area contributed by atoms with E-state index in [1.54, 1.807) is 0 Å². The zero-order valence-corrected chi connectivity index (χ0v) is 12.3. The third-order valence-electron chi connectivity index (χ3n) is 2.51. The molecule has 0 spiro atoms. The molecule has 0 saturated carbocycles. The highest BCUT2D eigenvalue weighted by atomic mass is 28.4. The van der Waals surface area contributed by atoms with Crippen molar-refractivity contribution in [3.8, 4) is 0 Å². The maximum Gasteiger partial charge on any atom is 0.506 e. The van der Waals surface area contributed by atoms with E-state index in [0.29, 0.717) is 26.4 Å². The van der Waals surface area contributed by atoms with Gasteiger partial charge < -0.3 is 24.1 Å². The van der Waals surface area contributed by atoms with E-state index in [4.69, 9.17) is 19.0 Å². The molecular formula is C11H27NO4Si. The van der Waals surface area contributed by atoms with Crippen molar-refractivity contribution in [2.75, 3.05) is 33.0 Å². The van der Waals surface area contributed by atoms with Crippen molar-refractivity contribution < 1.29 is 18.4 Å². The van der Waals surface area contributed by atoms with Gasteiger partial charge in [0.25, 0.3) is 0 Å². The van der Waals surface area contributed by atoms with Gasteiger partial charge in [-0.3, -0.25) is 0 Å². The van der Waals surface area contributed by atoms with Gasteiger partial charge in [-0.05, 0) is 40.2 Å². The van der Waals surface area contributed by atoms with Crippen molar-refractivity contribution in [1.82, 2.24) is 0 Å². The quantitative estimate of drug-likeness (QED) is 0.548. The summed E-state index contributed by atoms with van der Waals surface area (Å²) < 4.78 is 17.3. The minimum Gasteiger partial charge on any atom is -0.396 e. The summed E-state index contributed by atoms with van der Waals surface area (Å²) in [5.41, 5.74) is 5.43. The lowest BCUT2D eigenvalue weighted by Gasteiger charge is -2.34. The summed E-state index contributed by atoms with van der Waals surface area (Å²) in [6.07, 6.45) is 1.62. The average Bonchev–Trinajstić information content (AvgIpc) is 2.31. The Morgan fingerprint density at radius 3 is 1.82 bits per heavy atom. The molecule has 0 aliphatic heterocycles. The molecule has 1 unspecified atom stereocenters. The molecule has 0 aromatic heterocycles. The van der Waals surface area contributed by atoms with Crippen LogP contribution in [-0.2, 0) is 13.3 Å². The van der Waals surface area contributed by atoms with Gasteiger partial charge in [-0.25, -0.2) is 0 Å². The molecule has 0 saturated heterocycles. The van der Waals surface area contributed by atoms with E-state index in [-0.39, 0.29) is 12.1 Å². The zero-order chi connectivity index (χ0) is 13.1. The smallest absolute Gasteiger partial charge is 0.396 e. The lowest BCUT2D eigenvalue weighted by Crippen LogP contribution is -2.51. The Hall–Kier alpha value is 0.0169. The third kappa shape index (κ3) is 5.46. The summed E-state index contributed by atoms with van der Waals surface area (Å²) in [6, 6.07) is 0. The number of aliphatic hydroxyl groups is 1. The third-order valence-corrected chi connectivity index (χ3v) is 6.06. The van der Waals surface area contributed by atoms with Gasteiger partial charge >= 0.3 is 8.80 Å². The molecule has 17 heavy (non-hydrogen) atoms. The van der Waals surface area contributed by atoms with Crippen LogP contribution in [0.25, 0.3) is 0 Å². The van der Waals surface area contributed by atoms with Crippen molar-refractivity contribution in [1.29, 1.82) is 0 Å². The van der Waals surface area contributed by atoms with Crippen LogP contribution in [0.3, 0.4) is 0 Å². The van der Waals surface area contributed by atoms with Gasteiger partial charge in [0, 0.05) is 19.8 Å². The highest BCUT2D eigenvalue weighted by Gasteiger charge is 2.48. The van der Waals surface area contributed by atoms with Gasteiger partial charge in [0.2, 0.25) is 0 Å². The maximum absolute atomic E-state index is 9.52. The molecule has 1 atom stereocenters. The van der Waals surface area contributed by atoms with Crippen LogP contribution < -0.4 is 5.73 Å². The summed E-state index contributed by atoms with van der Waals surface area (Å²) in [5.74, 6) is 0. The molecular weight excluding hydrogens is 238 g/mol. The summed E-state index contributed by atoms with van der Waals surface area (Å²) >= 11 is 0. The first kappa shape index (κ1) is 17.0. The van der Waals surface area contributed by atoms with E-state index >= 15 is 0 Å². The SMILES string of the molecule is CCO[Si](OCC)(OCC)C(CO)CCCN. The Balaban J connectivity index is 4.76. The molecule has 3 N–H and O–H groups in total. The van der Waals surface area contributed by atoms with Gasteiger partial charge in [-0.1, -0.05) is 0 Å². The Labute approximate surface area is 106 Å². The minimum atomic E-state index is -2.77. The molecule has 0 rings (SSSR count). The van der Waals surface area contributed by atoms with Crippen LogP contribution in [0.4, 0.5) is 0 Å². The van der Waals surface area contributed by atoms with E-state index in [0.717, 1.165) is 12.8 Å². The lowest BCUT2D eigenvalue weighted by atomic mass is 10.2. The van der Waals surface area contributed by atoms with Crippen molar-refractivity contribution in [3.63, 3.8) is 0 Å². The van der Waals surface area contributed by atoms with E-state index in [1.165, 1.54) is 0 Å². The van der Waals surface area contributed by atoms with Crippen LogP contribution in [0, 0.1) is 0 Å². The van der Waals surface area contributed by atoms with E-state index < -0.39 is 8.80 Å². The number of hydrogen-bond donors (Lipinski definition) is 2. The highest BCUT2D eigenvalue weighted by molar-refractivity contribution is 6.62. The van der Waals surface area contributed by atoms with E-state index in [2.05, 4.69) is 0 Å². The first-order valence-electron chi connectivity index (χ1n) is 6.43. The van der Waals surface area contributed by atoms with Crippen LogP contribution in [0.1, 0.15) is 33.6 Å². The molecule has 0 bridgehead atoms. The number of hydrogen-bond acceptors (Lipinski definition) is 5. The molecule has 0 heterocycles. The standard InChI is InChI=1S/C11H27NO4Si/c1-4-14-17(15-5-2,16-6-3)11(10-13)8-7-9-12/h11,13H,4-10,12H2,1-3H3. The second kappa shape index (κ2) is 9.99. The number of aliphatic hydroxyl groups excluding tert-OH is 1. The summed E-state index contributed by atoms with van der Waals surface area (Å²) in [5, 5.41) is 9.52. The van der Waals surface area contributed by atoms with Crippen LogP contribution in [0.2, 0.25) is 5.54 Å². The highest BCUT2D eigenvalue weighted by Crippen LogP contribution is 2.29. The van der Waals surface area contributed by atoms with E-state index in [9.17, 15) is 5.11 Å². The topological polar surface area (TPSA) is 73.9 Å². The summed E-state index contributed by atoms with van der Waals surface area (Å²) in [4.78, 5) is 0. The van der Waals surface area contributed by atoms with E-state index in [1.807, 2.05) is 20.8 Å². The molecule has 104 valence electrons. The normalized spacial score (nSPS) is 13.9. The predicted octanol–water partition coefficient (Wildman–Crippen LogP) is 1.14. The molecule has 0 aliphatic rings. The number of rotatable bonds is 11. The van der Waals surface area contributed by atoms with Crippen LogP contribution in [0.15, 0.2) is 0 Å². The van der Waals surface area contributed by atoms with Crippen LogP contribution >= 0.6 is 0 Å². The lowest BCUT2D eigenvalue weighted by molar-refractivity contribution is 0.0513. The van der Waals surface area contributed by atoms with Gasteiger partial charge in [0.15, 0.2) is 0 Å². The largest absolute Gasteiger partial charge is 0.506 e. The van der Waals surface area contributed by atoms with Crippen molar-refractivity contribution in [2.45, 2.75) is 39.2 Å². The molecule has 5 nitrogen and oxygen atoms in total. The molecule has 6 heteroatoms. The first-order chi connectivity index (χ1) is 8.20. The second-order valence-corrected chi connectivity index (χ2v) is 6.60. The Bertz CT molecular complexity index is 166.